The Morgan fingerprint density at radius 2 is 0.683 bits per heavy atom. The normalized spacial score (nSPS) is 12.2. The Balaban J connectivity index is 1.24. The van der Waals surface area contributed by atoms with E-state index in [0.29, 0.717) is 17.5 Å². The molecule has 1 aliphatic rings. The molecule has 4 aromatic heterocycles. The van der Waals surface area contributed by atoms with Crippen LogP contribution in [0.2, 0.25) is 0 Å². The average Bonchev–Trinajstić information content (AvgIpc) is 3.35. The van der Waals surface area contributed by atoms with Gasteiger partial charge in [0.2, 0.25) is 0 Å². The summed E-state index contributed by atoms with van der Waals surface area (Å²) in [5, 5.41) is 0. The fraction of sp³-hybridized carbons (Fsp3) is 0.0370. The van der Waals surface area contributed by atoms with Gasteiger partial charge < -0.3 is 0 Å². The molecule has 0 bridgehead atoms. The highest BCUT2D eigenvalue weighted by atomic mass is 15.0. The second kappa shape index (κ2) is 16.5. The molecule has 10 rings (SSSR count). The summed E-state index contributed by atoms with van der Waals surface area (Å²) >= 11 is 0. The number of hydrogen-bond donors (Lipinski definition) is 0. The van der Waals surface area contributed by atoms with Crippen LogP contribution in [-0.2, 0) is 0 Å². The highest BCUT2D eigenvalue weighted by Crippen LogP contribution is 2.39. The summed E-state index contributed by atoms with van der Waals surface area (Å²) < 4.78 is 0. The summed E-state index contributed by atoms with van der Waals surface area (Å²) in [4.78, 5) is 29.7. The zero-order valence-electron chi connectivity index (χ0n) is 32.7. The van der Waals surface area contributed by atoms with Gasteiger partial charge in [0.1, 0.15) is 0 Å². The van der Waals surface area contributed by atoms with Gasteiger partial charge in [0.15, 0.2) is 17.5 Å². The van der Waals surface area contributed by atoms with E-state index in [2.05, 4.69) is 103 Å². The number of rotatable bonds is 9. The number of pyridine rings is 3. The smallest absolute Gasteiger partial charge is 0.164 e. The summed E-state index contributed by atoms with van der Waals surface area (Å²) in [6.07, 6.45) is 14.0. The van der Waals surface area contributed by atoms with Crippen molar-refractivity contribution in [2.24, 2.45) is 0 Å². The molecule has 284 valence electrons. The molecule has 0 spiro atoms. The number of allylic oxidation sites excluding steroid dienone is 4. The molecule has 4 heterocycles. The minimum Gasteiger partial charge on any atom is -0.256 e. The minimum absolute atomic E-state index is 0.594. The summed E-state index contributed by atoms with van der Waals surface area (Å²) in [7, 11) is 0. The fourth-order valence-electron chi connectivity index (χ4n) is 7.65. The van der Waals surface area contributed by atoms with E-state index in [9.17, 15) is 0 Å². The highest BCUT2D eigenvalue weighted by molar-refractivity contribution is 5.87. The van der Waals surface area contributed by atoms with Crippen LogP contribution in [0.25, 0.3) is 95.5 Å². The SMILES string of the molecule is C1=CC(c2nc(-c3ccccc3)nc(-c3cc(-c4cc(-c5ccccc5)cc(-c5ccccn5)c4)cc(-c4cc(-c5ccccn5)cc(-c5ccccn5)c4)c3)n2)=CCC1. The topological polar surface area (TPSA) is 77.3 Å². The van der Waals surface area contributed by atoms with Crippen molar-refractivity contribution in [2.75, 3.05) is 0 Å². The van der Waals surface area contributed by atoms with E-state index in [4.69, 9.17) is 29.9 Å². The van der Waals surface area contributed by atoms with Gasteiger partial charge in [-0.3, -0.25) is 15.0 Å². The molecule has 6 heteroatoms. The quantitative estimate of drug-likeness (QED) is 0.145. The van der Waals surface area contributed by atoms with Crippen LogP contribution in [-0.4, -0.2) is 29.9 Å². The van der Waals surface area contributed by atoms with E-state index in [0.717, 1.165) is 96.7 Å². The van der Waals surface area contributed by atoms with Crippen molar-refractivity contribution in [1.82, 2.24) is 29.9 Å². The van der Waals surface area contributed by atoms with E-state index in [1.54, 1.807) is 0 Å². The lowest BCUT2D eigenvalue weighted by atomic mass is 9.90. The van der Waals surface area contributed by atoms with Gasteiger partial charge in [0.25, 0.3) is 0 Å². The van der Waals surface area contributed by atoms with E-state index >= 15 is 0 Å². The van der Waals surface area contributed by atoms with Gasteiger partial charge in [0.05, 0.1) is 17.1 Å². The number of nitrogens with zero attached hydrogens (tertiary/aromatic N) is 6. The third-order valence-electron chi connectivity index (χ3n) is 10.6. The summed E-state index contributed by atoms with van der Waals surface area (Å²) in [5.74, 6) is 1.87. The van der Waals surface area contributed by atoms with Gasteiger partial charge in [0, 0.05) is 52.0 Å². The first-order valence-corrected chi connectivity index (χ1v) is 20.1. The molecule has 5 aromatic carbocycles. The second-order valence-electron chi connectivity index (χ2n) is 14.7. The summed E-state index contributed by atoms with van der Waals surface area (Å²) in [5.41, 5.74) is 14.8. The van der Waals surface area contributed by atoms with Gasteiger partial charge >= 0.3 is 0 Å². The molecule has 0 saturated carbocycles. The Bertz CT molecular complexity index is 2740. The highest BCUT2D eigenvalue weighted by Gasteiger charge is 2.18. The lowest BCUT2D eigenvalue weighted by Crippen LogP contribution is -2.03. The standard InChI is InChI=1S/C54H38N6/c1-4-16-37(17-5-1)40-28-41(31-45(30-40)49-22-10-13-25-55-49)42-29-43(44-32-46(50-23-11-14-26-56-50)36-47(33-44)51-24-12-15-27-57-51)35-48(34-42)54-59-52(38-18-6-2-7-19-38)58-53(60-54)39-20-8-3-9-21-39/h1-2,4-8,10-36H,3,9H2. The molecule has 60 heavy (non-hydrogen) atoms. The molecule has 0 amide bonds. The Kier molecular flexibility index (Phi) is 10.00. The maximum absolute atomic E-state index is 5.21. The first-order valence-electron chi connectivity index (χ1n) is 20.1. The number of aromatic nitrogens is 6. The van der Waals surface area contributed by atoms with Crippen LogP contribution in [0.15, 0.2) is 207 Å². The van der Waals surface area contributed by atoms with Crippen LogP contribution in [0.3, 0.4) is 0 Å². The van der Waals surface area contributed by atoms with Crippen LogP contribution in [0.5, 0.6) is 0 Å². The minimum atomic E-state index is 0.594. The lowest BCUT2D eigenvalue weighted by molar-refractivity contribution is 1.01. The van der Waals surface area contributed by atoms with E-state index in [-0.39, 0.29) is 0 Å². The van der Waals surface area contributed by atoms with Crippen molar-refractivity contribution in [1.29, 1.82) is 0 Å². The maximum Gasteiger partial charge on any atom is 0.164 e. The second-order valence-corrected chi connectivity index (χ2v) is 14.7. The van der Waals surface area contributed by atoms with Gasteiger partial charge in [-0.15, -0.1) is 0 Å². The molecular formula is C54H38N6. The lowest BCUT2D eigenvalue weighted by Gasteiger charge is -2.16. The zero-order chi connectivity index (χ0) is 40.1. The van der Waals surface area contributed by atoms with Gasteiger partial charge in [-0.2, -0.15) is 0 Å². The van der Waals surface area contributed by atoms with Gasteiger partial charge in [-0.05, 0) is 137 Å². The first kappa shape index (κ1) is 36.4. The zero-order valence-corrected chi connectivity index (χ0v) is 32.7. The number of benzene rings is 5. The molecule has 0 unspecified atom stereocenters. The monoisotopic (exact) mass is 770 g/mol. The fourth-order valence-corrected chi connectivity index (χ4v) is 7.65. The molecule has 0 saturated heterocycles. The Morgan fingerprint density at radius 1 is 0.300 bits per heavy atom. The van der Waals surface area contributed by atoms with Gasteiger partial charge in [-0.25, -0.2) is 15.0 Å². The first-order chi connectivity index (χ1) is 29.7. The molecular weight excluding hydrogens is 733 g/mol. The van der Waals surface area contributed by atoms with Crippen LogP contribution in [0.1, 0.15) is 18.7 Å². The van der Waals surface area contributed by atoms with E-state index in [1.165, 1.54) is 0 Å². The summed E-state index contributed by atoms with van der Waals surface area (Å²) in [6, 6.07) is 58.7. The van der Waals surface area contributed by atoms with Crippen LogP contribution in [0, 0.1) is 0 Å². The van der Waals surface area contributed by atoms with Crippen molar-refractivity contribution >= 4 is 5.57 Å². The maximum atomic E-state index is 5.21. The van der Waals surface area contributed by atoms with E-state index < -0.39 is 0 Å². The molecule has 0 atom stereocenters. The van der Waals surface area contributed by atoms with E-state index in [1.807, 2.05) is 104 Å². The Morgan fingerprint density at radius 3 is 1.13 bits per heavy atom. The molecule has 1 aliphatic carbocycles. The van der Waals surface area contributed by atoms with Crippen LogP contribution < -0.4 is 0 Å². The number of hydrogen-bond acceptors (Lipinski definition) is 6. The molecule has 0 fully saturated rings. The summed E-state index contributed by atoms with van der Waals surface area (Å²) in [6.45, 7) is 0. The molecule has 9 aromatic rings. The van der Waals surface area contributed by atoms with Crippen LogP contribution >= 0.6 is 0 Å². The van der Waals surface area contributed by atoms with Crippen LogP contribution in [0.4, 0.5) is 0 Å². The van der Waals surface area contributed by atoms with Gasteiger partial charge in [-0.1, -0.05) is 97.1 Å². The predicted octanol–water partition coefficient (Wildman–Crippen LogP) is 13.1. The third-order valence-corrected chi connectivity index (χ3v) is 10.6. The van der Waals surface area contributed by atoms with Crippen molar-refractivity contribution < 1.29 is 0 Å². The van der Waals surface area contributed by atoms with Crippen molar-refractivity contribution in [2.45, 2.75) is 12.8 Å². The Labute approximate surface area is 349 Å². The molecule has 0 radical (unpaired) electrons. The molecule has 6 nitrogen and oxygen atoms in total. The third kappa shape index (κ3) is 7.82. The average molecular weight is 771 g/mol. The van der Waals surface area contributed by atoms with Crippen molar-refractivity contribution in [3.05, 3.63) is 213 Å². The predicted molar refractivity (Wildman–Crippen MR) is 243 cm³/mol. The van der Waals surface area contributed by atoms with Crippen molar-refractivity contribution in [3.8, 4) is 89.9 Å². The molecule has 0 N–H and O–H groups in total. The molecule has 0 aliphatic heterocycles. The Hall–Kier alpha value is -7.96. The van der Waals surface area contributed by atoms with Crippen molar-refractivity contribution in [3.63, 3.8) is 0 Å². The largest absolute Gasteiger partial charge is 0.256 e.